The Labute approximate surface area is 191 Å². The normalized spacial score (nSPS) is 19.1. The molecule has 4 rings (SSSR count). The van der Waals surface area contributed by atoms with Gasteiger partial charge in [-0.1, -0.05) is 6.92 Å². The van der Waals surface area contributed by atoms with E-state index in [9.17, 15) is 17.6 Å². The van der Waals surface area contributed by atoms with Crippen molar-refractivity contribution < 1.29 is 22.3 Å². The lowest BCUT2D eigenvalue weighted by Gasteiger charge is -2.45. The number of sulfone groups is 1. The summed E-state index contributed by atoms with van der Waals surface area (Å²) >= 11 is 0. The Bertz CT molecular complexity index is 1260. The van der Waals surface area contributed by atoms with Crippen LogP contribution >= 0.6 is 0 Å². The average molecular weight is 473 g/mol. The molecular formula is C23H25FN4O4S. The first-order valence-corrected chi connectivity index (χ1v) is 12.2. The number of fused-ring (bicyclic) bond motifs is 1. The minimum atomic E-state index is -4.15. The van der Waals surface area contributed by atoms with Crippen LogP contribution in [0.2, 0.25) is 0 Å². The number of halogens is 1. The van der Waals surface area contributed by atoms with Gasteiger partial charge in [0.15, 0.2) is 14.6 Å². The van der Waals surface area contributed by atoms with E-state index in [2.05, 4.69) is 20.3 Å². The van der Waals surface area contributed by atoms with Crippen molar-refractivity contribution in [3.8, 4) is 5.75 Å². The van der Waals surface area contributed by atoms with E-state index in [0.717, 1.165) is 0 Å². The Balaban J connectivity index is 2.03. The lowest BCUT2D eigenvalue weighted by molar-refractivity contribution is -0.120. The monoisotopic (exact) mass is 472 g/mol. The summed E-state index contributed by atoms with van der Waals surface area (Å²) in [7, 11) is -4.15. The van der Waals surface area contributed by atoms with Crippen molar-refractivity contribution in [1.29, 1.82) is 0 Å². The summed E-state index contributed by atoms with van der Waals surface area (Å²) in [6, 6.07) is 8.72. The minimum Gasteiger partial charge on any atom is -0.488 e. The largest absolute Gasteiger partial charge is 0.488 e. The molecule has 1 aromatic carbocycles. The fourth-order valence-electron chi connectivity index (χ4n) is 4.53. The van der Waals surface area contributed by atoms with Crippen LogP contribution in [-0.4, -0.2) is 40.6 Å². The molecule has 10 heteroatoms. The third kappa shape index (κ3) is 3.88. The van der Waals surface area contributed by atoms with Gasteiger partial charge in [0.2, 0.25) is 5.95 Å². The number of hydrogen-bond donors (Lipinski definition) is 2. The van der Waals surface area contributed by atoms with Crippen LogP contribution < -0.4 is 10.1 Å². The highest BCUT2D eigenvalue weighted by atomic mass is 32.2. The summed E-state index contributed by atoms with van der Waals surface area (Å²) in [5, 5.41) is 2.59. The van der Waals surface area contributed by atoms with E-state index in [1.54, 1.807) is 24.4 Å². The van der Waals surface area contributed by atoms with Gasteiger partial charge in [0.25, 0.3) is 5.91 Å². The van der Waals surface area contributed by atoms with E-state index < -0.39 is 37.8 Å². The second-order valence-corrected chi connectivity index (χ2v) is 11.0. The average Bonchev–Trinajstić information content (AvgIpc) is 3.29. The maximum atomic E-state index is 14.4. The number of anilines is 1. The highest BCUT2D eigenvalue weighted by Gasteiger charge is 2.61. The first kappa shape index (κ1) is 22.9. The molecule has 0 spiro atoms. The lowest BCUT2D eigenvalue weighted by atomic mass is 9.74. The van der Waals surface area contributed by atoms with Crippen LogP contribution in [0.3, 0.4) is 0 Å². The molecule has 33 heavy (non-hydrogen) atoms. The second-order valence-electron chi connectivity index (χ2n) is 8.55. The molecular weight excluding hydrogens is 447 g/mol. The number of benzene rings is 1. The number of nitrogens with zero attached hydrogens (tertiary/aromatic N) is 2. The Hall–Kier alpha value is -3.27. The zero-order valence-electron chi connectivity index (χ0n) is 18.5. The van der Waals surface area contributed by atoms with E-state index in [1.807, 2.05) is 13.8 Å². The standard InChI is InChI=1S/C23H25FN4O4S/c1-4-33(30,31)23(19-7-5-10-25-19,20(29)28-21-26-11-6-12-27-21)17-14-22(2,3)32-18-9-8-15(24)13-16(17)18/h5-13,17,25H,4,14H2,1-3H3,(H,26,27,28,29). The zero-order valence-corrected chi connectivity index (χ0v) is 19.3. The van der Waals surface area contributed by atoms with Gasteiger partial charge in [-0.25, -0.2) is 22.8 Å². The number of amides is 1. The highest BCUT2D eigenvalue weighted by Crippen LogP contribution is 2.53. The molecule has 3 aromatic rings. The first-order valence-electron chi connectivity index (χ1n) is 10.5. The van der Waals surface area contributed by atoms with Gasteiger partial charge < -0.3 is 9.72 Å². The van der Waals surface area contributed by atoms with Crippen LogP contribution in [0, 0.1) is 5.82 Å². The summed E-state index contributed by atoms with van der Waals surface area (Å²) in [4.78, 5) is 25.0. The van der Waals surface area contributed by atoms with Gasteiger partial charge in [-0.15, -0.1) is 0 Å². The number of carbonyl (C=O) groups is 1. The molecule has 0 saturated heterocycles. The van der Waals surface area contributed by atoms with Crippen molar-refractivity contribution in [3.05, 3.63) is 72.1 Å². The van der Waals surface area contributed by atoms with Crippen molar-refractivity contribution in [2.75, 3.05) is 11.1 Å². The van der Waals surface area contributed by atoms with Gasteiger partial charge in [-0.05, 0) is 56.7 Å². The molecule has 2 unspecified atom stereocenters. The molecule has 1 aliphatic heterocycles. The Morgan fingerprint density at radius 3 is 2.64 bits per heavy atom. The van der Waals surface area contributed by atoms with E-state index in [1.165, 1.54) is 37.5 Å². The van der Waals surface area contributed by atoms with Crippen LogP contribution in [0.25, 0.3) is 0 Å². The number of hydrogen-bond acceptors (Lipinski definition) is 6. The van der Waals surface area contributed by atoms with Gasteiger partial charge in [0, 0.05) is 41.5 Å². The molecule has 3 heterocycles. The Kier molecular flexibility index (Phi) is 5.73. The molecule has 0 bridgehead atoms. The number of H-pyrrole nitrogens is 1. The van der Waals surface area contributed by atoms with E-state index in [-0.39, 0.29) is 23.8 Å². The predicted octanol–water partition coefficient (Wildman–Crippen LogP) is 3.56. The first-order chi connectivity index (χ1) is 15.6. The molecule has 0 aliphatic carbocycles. The van der Waals surface area contributed by atoms with Crippen LogP contribution in [0.15, 0.2) is 55.0 Å². The molecule has 1 amide bonds. The molecule has 174 valence electrons. The molecule has 0 saturated carbocycles. The summed E-state index contributed by atoms with van der Waals surface area (Å²) < 4.78 is 46.1. The topological polar surface area (TPSA) is 114 Å². The number of aromatic nitrogens is 3. The van der Waals surface area contributed by atoms with Gasteiger partial charge in [0.1, 0.15) is 17.2 Å². The van der Waals surface area contributed by atoms with Gasteiger partial charge in [-0.2, -0.15) is 0 Å². The molecule has 1 aliphatic rings. The summed E-state index contributed by atoms with van der Waals surface area (Å²) in [5.41, 5.74) is -0.332. The third-order valence-electron chi connectivity index (χ3n) is 5.92. The summed E-state index contributed by atoms with van der Waals surface area (Å²) in [6.45, 7) is 5.10. The maximum Gasteiger partial charge on any atom is 0.254 e. The lowest BCUT2D eigenvalue weighted by Crippen LogP contribution is -2.55. The second kappa shape index (κ2) is 8.26. The fraction of sp³-hybridized carbons (Fsp3) is 0.348. The Morgan fingerprint density at radius 1 is 1.27 bits per heavy atom. The van der Waals surface area contributed by atoms with Gasteiger partial charge >= 0.3 is 0 Å². The SMILES string of the molecule is CCS(=O)(=O)C(C(=O)Nc1ncccn1)(c1ccc[nH]1)C1CC(C)(C)Oc2ccc(F)cc21. The predicted molar refractivity (Wildman–Crippen MR) is 121 cm³/mol. The van der Waals surface area contributed by atoms with Crippen molar-refractivity contribution in [1.82, 2.24) is 15.0 Å². The van der Waals surface area contributed by atoms with E-state index >= 15 is 0 Å². The smallest absolute Gasteiger partial charge is 0.254 e. The Morgan fingerprint density at radius 2 is 2.00 bits per heavy atom. The van der Waals surface area contributed by atoms with Crippen molar-refractivity contribution in [2.24, 2.45) is 0 Å². The van der Waals surface area contributed by atoms with Crippen molar-refractivity contribution in [3.63, 3.8) is 0 Å². The number of ether oxygens (including phenoxy) is 1. The van der Waals surface area contributed by atoms with E-state index in [0.29, 0.717) is 11.3 Å². The van der Waals surface area contributed by atoms with Gasteiger partial charge in [0.05, 0.1) is 0 Å². The molecule has 8 nitrogen and oxygen atoms in total. The summed E-state index contributed by atoms with van der Waals surface area (Å²) in [5.74, 6) is -2.35. The number of nitrogens with one attached hydrogen (secondary N) is 2. The maximum absolute atomic E-state index is 14.4. The third-order valence-corrected chi connectivity index (χ3v) is 8.35. The minimum absolute atomic E-state index is 0.0319. The van der Waals surface area contributed by atoms with Crippen molar-refractivity contribution in [2.45, 2.75) is 43.5 Å². The van der Waals surface area contributed by atoms with Crippen LogP contribution in [-0.2, 0) is 19.4 Å². The van der Waals surface area contributed by atoms with Crippen molar-refractivity contribution >= 4 is 21.7 Å². The van der Waals surface area contributed by atoms with E-state index in [4.69, 9.17) is 4.74 Å². The number of carbonyl (C=O) groups excluding carboxylic acids is 1. The molecule has 0 radical (unpaired) electrons. The zero-order chi connectivity index (χ0) is 23.9. The molecule has 2 N–H and O–H groups in total. The number of rotatable bonds is 6. The fourth-order valence-corrected chi connectivity index (χ4v) is 6.42. The molecule has 2 atom stereocenters. The number of aromatic amines is 1. The van der Waals surface area contributed by atoms with Crippen LogP contribution in [0.5, 0.6) is 5.75 Å². The quantitative estimate of drug-likeness (QED) is 0.567. The highest BCUT2D eigenvalue weighted by molar-refractivity contribution is 7.93. The molecule has 0 fully saturated rings. The summed E-state index contributed by atoms with van der Waals surface area (Å²) in [6.07, 6.45) is 4.58. The van der Waals surface area contributed by atoms with Crippen LogP contribution in [0.1, 0.15) is 44.4 Å². The molecule has 2 aromatic heterocycles. The van der Waals surface area contributed by atoms with Gasteiger partial charge in [-0.3, -0.25) is 10.1 Å². The van der Waals surface area contributed by atoms with Crippen LogP contribution in [0.4, 0.5) is 10.3 Å².